The van der Waals surface area contributed by atoms with Gasteiger partial charge in [0.2, 0.25) is 5.91 Å². The second-order valence-electron chi connectivity index (χ2n) is 8.84. The molecule has 4 rings (SSSR count). The van der Waals surface area contributed by atoms with Crippen molar-refractivity contribution in [1.29, 1.82) is 0 Å². The first-order valence-electron chi connectivity index (χ1n) is 12.6. The minimum Gasteiger partial charge on any atom is -0.490 e. The Kier molecular flexibility index (Phi) is 9.22. The second kappa shape index (κ2) is 13.0. The minimum atomic E-state index is -0.516. The third-order valence-corrected chi connectivity index (χ3v) is 6.84. The quantitative estimate of drug-likeness (QED) is 0.224. The number of rotatable bonds is 11. The van der Waals surface area contributed by atoms with Crippen LogP contribution in [0.1, 0.15) is 29.2 Å². The number of hydrogen-bond donors (Lipinski definition) is 1. The summed E-state index contributed by atoms with van der Waals surface area (Å²) in [4.78, 5) is 39.5. The topological polar surface area (TPSA) is 84.9 Å². The number of imide groups is 1. The van der Waals surface area contributed by atoms with Gasteiger partial charge < -0.3 is 14.8 Å². The van der Waals surface area contributed by atoms with Crippen molar-refractivity contribution in [2.24, 2.45) is 0 Å². The molecule has 0 atom stereocenters. The van der Waals surface area contributed by atoms with Gasteiger partial charge in [-0.15, -0.1) is 6.58 Å². The number of nitrogens with zero attached hydrogens (tertiary/aromatic N) is 1. The first-order valence-corrected chi connectivity index (χ1v) is 13.4. The molecule has 1 aliphatic heterocycles. The zero-order chi connectivity index (χ0) is 27.8. The molecule has 1 heterocycles. The highest BCUT2D eigenvalue weighted by Gasteiger charge is 2.36. The molecule has 0 radical (unpaired) electrons. The van der Waals surface area contributed by atoms with Gasteiger partial charge >= 0.3 is 0 Å². The number of thioether (sulfide) groups is 1. The van der Waals surface area contributed by atoms with E-state index in [1.54, 1.807) is 30.4 Å². The van der Waals surface area contributed by atoms with Crippen molar-refractivity contribution in [1.82, 2.24) is 4.90 Å². The van der Waals surface area contributed by atoms with Gasteiger partial charge in [-0.05, 0) is 73.0 Å². The molecule has 200 valence electrons. The fraction of sp³-hybridized carbons (Fsp3) is 0.194. The lowest BCUT2D eigenvalue weighted by molar-refractivity contribution is -0.127. The van der Waals surface area contributed by atoms with E-state index in [0.29, 0.717) is 42.4 Å². The number of hydrogen-bond acceptors (Lipinski definition) is 6. The van der Waals surface area contributed by atoms with Crippen LogP contribution in [-0.4, -0.2) is 35.1 Å². The Bertz CT molecular complexity index is 1420. The maximum atomic E-state index is 13.1. The van der Waals surface area contributed by atoms with Gasteiger partial charge in [0.1, 0.15) is 13.2 Å². The smallest absolute Gasteiger partial charge is 0.294 e. The van der Waals surface area contributed by atoms with Crippen molar-refractivity contribution in [2.45, 2.75) is 26.9 Å². The summed E-state index contributed by atoms with van der Waals surface area (Å²) in [5, 5.41) is 2.27. The Labute approximate surface area is 232 Å². The van der Waals surface area contributed by atoms with Crippen molar-refractivity contribution >= 4 is 40.6 Å². The molecule has 0 spiro atoms. The van der Waals surface area contributed by atoms with Crippen molar-refractivity contribution in [3.63, 3.8) is 0 Å². The second-order valence-corrected chi connectivity index (χ2v) is 9.83. The third-order valence-electron chi connectivity index (χ3n) is 5.94. The molecule has 1 fully saturated rings. The number of aryl methyl sites for hydroxylation is 1. The number of anilines is 1. The number of ether oxygens (including phenoxy) is 2. The largest absolute Gasteiger partial charge is 0.490 e. The molecule has 3 amide bonds. The van der Waals surface area contributed by atoms with E-state index in [9.17, 15) is 14.4 Å². The van der Waals surface area contributed by atoms with Crippen LogP contribution in [0.3, 0.4) is 0 Å². The zero-order valence-electron chi connectivity index (χ0n) is 21.9. The first kappa shape index (κ1) is 27.7. The Hall–Kier alpha value is -4.30. The van der Waals surface area contributed by atoms with Crippen LogP contribution in [0.2, 0.25) is 0 Å². The van der Waals surface area contributed by atoms with Gasteiger partial charge in [-0.2, -0.15) is 0 Å². The predicted molar refractivity (Wildman–Crippen MR) is 155 cm³/mol. The number of carbonyl (C=O) groups is 3. The summed E-state index contributed by atoms with van der Waals surface area (Å²) >= 11 is 0.805. The van der Waals surface area contributed by atoms with Crippen molar-refractivity contribution in [2.75, 3.05) is 18.5 Å². The van der Waals surface area contributed by atoms with Crippen LogP contribution in [-0.2, 0) is 22.6 Å². The summed E-state index contributed by atoms with van der Waals surface area (Å²) in [6.07, 6.45) is 3.93. The average Bonchev–Trinajstić information content (AvgIpc) is 3.17. The average molecular weight is 543 g/mol. The van der Waals surface area contributed by atoms with Gasteiger partial charge in [0, 0.05) is 11.3 Å². The maximum Gasteiger partial charge on any atom is 0.294 e. The molecule has 1 aliphatic rings. The van der Waals surface area contributed by atoms with Crippen molar-refractivity contribution < 1.29 is 23.9 Å². The molecule has 3 aromatic carbocycles. The van der Waals surface area contributed by atoms with Gasteiger partial charge in [0.05, 0.1) is 11.5 Å². The monoisotopic (exact) mass is 542 g/mol. The van der Waals surface area contributed by atoms with Gasteiger partial charge in [-0.3, -0.25) is 19.3 Å². The van der Waals surface area contributed by atoms with E-state index < -0.39 is 17.1 Å². The Morgan fingerprint density at radius 2 is 1.79 bits per heavy atom. The van der Waals surface area contributed by atoms with Crippen LogP contribution in [0, 0.1) is 6.92 Å². The summed E-state index contributed by atoms with van der Waals surface area (Å²) in [7, 11) is 0. The number of carbonyl (C=O) groups excluding carboxylic acids is 3. The summed E-state index contributed by atoms with van der Waals surface area (Å²) < 4.78 is 12.1. The molecule has 7 nitrogen and oxygen atoms in total. The number of allylic oxidation sites excluding steroid dienone is 1. The molecule has 0 aliphatic carbocycles. The van der Waals surface area contributed by atoms with Gasteiger partial charge in [0.15, 0.2) is 11.5 Å². The Morgan fingerprint density at radius 1 is 1.05 bits per heavy atom. The molecular formula is C31H30N2O5S. The lowest BCUT2D eigenvalue weighted by Crippen LogP contribution is -2.36. The Morgan fingerprint density at radius 3 is 2.51 bits per heavy atom. The zero-order valence-corrected chi connectivity index (χ0v) is 22.8. The van der Waals surface area contributed by atoms with E-state index in [4.69, 9.17) is 9.47 Å². The summed E-state index contributed by atoms with van der Waals surface area (Å²) in [6.45, 7) is 8.04. The molecular weight excluding hydrogens is 512 g/mol. The van der Waals surface area contributed by atoms with E-state index >= 15 is 0 Å². The van der Waals surface area contributed by atoms with Crippen LogP contribution in [0.25, 0.3) is 6.08 Å². The third kappa shape index (κ3) is 6.97. The van der Waals surface area contributed by atoms with Gasteiger partial charge in [-0.25, -0.2) is 0 Å². The van der Waals surface area contributed by atoms with E-state index in [1.807, 2.05) is 62.4 Å². The van der Waals surface area contributed by atoms with Crippen LogP contribution in [0.5, 0.6) is 11.5 Å². The molecule has 1 N–H and O–H groups in total. The van der Waals surface area contributed by atoms with Crippen molar-refractivity contribution in [3.8, 4) is 11.5 Å². The molecule has 0 aromatic heterocycles. The van der Waals surface area contributed by atoms with E-state index in [0.717, 1.165) is 33.4 Å². The number of nitrogens with one attached hydrogen (secondary N) is 1. The highest BCUT2D eigenvalue weighted by Crippen LogP contribution is 2.37. The highest BCUT2D eigenvalue weighted by molar-refractivity contribution is 8.18. The van der Waals surface area contributed by atoms with Crippen molar-refractivity contribution in [3.05, 3.63) is 107 Å². The van der Waals surface area contributed by atoms with E-state index in [-0.39, 0.29) is 11.4 Å². The van der Waals surface area contributed by atoms with Crippen LogP contribution in [0.4, 0.5) is 10.5 Å². The lowest BCUT2D eigenvalue weighted by atomic mass is 10.0. The van der Waals surface area contributed by atoms with E-state index in [2.05, 4.69) is 11.9 Å². The van der Waals surface area contributed by atoms with Crippen LogP contribution in [0.15, 0.2) is 84.3 Å². The van der Waals surface area contributed by atoms with E-state index in [1.165, 1.54) is 0 Å². The number of para-hydroxylation sites is 1. The molecule has 0 saturated carbocycles. The predicted octanol–water partition coefficient (Wildman–Crippen LogP) is 6.38. The number of benzene rings is 3. The first-order chi connectivity index (χ1) is 18.9. The Balaban J connectivity index is 1.55. The standard InChI is InChI=1S/C31H30N2O5S/c1-4-11-24-16-23(17-26(37-5-2)29(24)38-20-22-13-7-6-8-14-22)18-27-30(35)33(31(36)39-27)19-28(34)32-25-15-10-9-12-21(25)3/h4,6-10,12-18H,1,5,11,19-20H2,2-3H3,(H,32,34)/b27-18-. The summed E-state index contributed by atoms with van der Waals surface area (Å²) in [5.41, 5.74) is 4.07. The minimum absolute atomic E-state index is 0.230. The molecule has 39 heavy (non-hydrogen) atoms. The molecule has 0 unspecified atom stereocenters. The summed E-state index contributed by atoms with van der Waals surface area (Å²) in [5.74, 6) is 0.187. The van der Waals surface area contributed by atoms with Crippen LogP contribution >= 0.6 is 11.8 Å². The molecule has 0 bridgehead atoms. The maximum absolute atomic E-state index is 13.1. The van der Waals surface area contributed by atoms with Gasteiger partial charge in [-0.1, -0.05) is 54.6 Å². The number of amides is 3. The highest BCUT2D eigenvalue weighted by atomic mass is 32.2. The fourth-order valence-corrected chi connectivity index (χ4v) is 4.90. The molecule has 8 heteroatoms. The molecule has 3 aromatic rings. The normalized spacial score (nSPS) is 14.0. The summed E-state index contributed by atoms with van der Waals surface area (Å²) in [6, 6.07) is 20.8. The SMILES string of the molecule is C=CCc1cc(/C=C2\SC(=O)N(CC(=O)Nc3ccccc3C)C2=O)cc(OCC)c1OCc1ccccc1. The fourth-order valence-electron chi connectivity index (χ4n) is 4.06. The van der Waals surface area contributed by atoms with Crippen LogP contribution < -0.4 is 14.8 Å². The van der Waals surface area contributed by atoms with Gasteiger partial charge in [0.25, 0.3) is 11.1 Å². The lowest BCUT2D eigenvalue weighted by Gasteiger charge is -2.17. The molecule has 1 saturated heterocycles.